The predicted molar refractivity (Wildman–Crippen MR) is 87.6 cm³/mol. The first-order valence-corrected chi connectivity index (χ1v) is 9.03. The van der Waals surface area contributed by atoms with Crippen LogP contribution >= 0.6 is 11.8 Å². The first kappa shape index (κ1) is 15.0. The van der Waals surface area contributed by atoms with Crippen molar-refractivity contribution in [2.24, 2.45) is 0 Å². The number of benzene rings is 1. The average molecular weight is 307 g/mol. The van der Waals surface area contributed by atoms with E-state index in [2.05, 4.69) is 30.4 Å². The molecule has 0 spiro atoms. The van der Waals surface area contributed by atoms with Crippen LogP contribution in [0.2, 0.25) is 0 Å². The van der Waals surface area contributed by atoms with E-state index in [1.807, 2.05) is 11.8 Å². The fourth-order valence-electron chi connectivity index (χ4n) is 3.14. The van der Waals surface area contributed by atoms with Crippen LogP contribution in [0.1, 0.15) is 39.0 Å². The lowest BCUT2D eigenvalue weighted by molar-refractivity contribution is 0.297. The molecule has 21 heavy (non-hydrogen) atoms. The Bertz CT molecular complexity index is 464. The summed E-state index contributed by atoms with van der Waals surface area (Å²) < 4.78 is 11.5. The fourth-order valence-corrected chi connectivity index (χ4v) is 4.46. The Morgan fingerprint density at radius 2 is 2.00 bits per heavy atom. The third-order valence-electron chi connectivity index (χ3n) is 4.14. The molecule has 2 aliphatic rings. The topological polar surface area (TPSA) is 30.5 Å². The molecule has 1 N–H and O–H groups in total. The monoisotopic (exact) mass is 307 g/mol. The molecule has 3 rings (SSSR count). The highest BCUT2D eigenvalue weighted by molar-refractivity contribution is 8.00. The number of nitrogens with one attached hydrogen (secondary N) is 1. The van der Waals surface area contributed by atoms with Crippen molar-refractivity contribution in [2.45, 2.75) is 55.2 Å². The average Bonchev–Trinajstić information content (AvgIpc) is 2.73. The molecule has 1 fully saturated rings. The molecule has 0 aromatic heterocycles. The summed E-state index contributed by atoms with van der Waals surface area (Å²) in [7, 11) is 0. The Morgan fingerprint density at radius 1 is 1.14 bits per heavy atom. The molecule has 1 saturated carbocycles. The van der Waals surface area contributed by atoms with Crippen LogP contribution in [0.15, 0.2) is 23.1 Å². The molecule has 0 radical (unpaired) electrons. The van der Waals surface area contributed by atoms with Gasteiger partial charge in [0.1, 0.15) is 0 Å². The fraction of sp³-hybridized carbons (Fsp3) is 0.647. The third kappa shape index (κ3) is 4.07. The van der Waals surface area contributed by atoms with Crippen molar-refractivity contribution < 1.29 is 9.47 Å². The number of hydrogen-bond donors (Lipinski definition) is 1. The van der Waals surface area contributed by atoms with Gasteiger partial charge in [0.05, 0.1) is 13.2 Å². The number of rotatable bonds is 4. The van der Waals surface area contributed by atoms with Crippen molar-refractivity contribution >= 4 is 11.8 Å². The molecule has 1 heterocycles. The molecular weight excluding hydrogens is 282 g/mol. The van der Waals surface area contributed by atoms with Crippen LogP contribution in [0.4, 0.5) is 0 Å². The molecule has 1 aliphatic carbocycles. The smallest absolute Gasteiger partial charge is 0.162 e. The maximum Gasteiger partial charge on any atom is 0.162 e. The summed E-state index contributed by atoms with van der Waals surface area (Å²) in [6.45, 7) is 4.78. The molecule has 3 nitrogen and oxygen atoms in total. The molecule has 0 bridgehead atoms. The van der Waals surface area contributed by atoms with E-state index in [9.17, 15) is 0 Å². The van der Waals surface area contributed by atoms with Crippen LogP contribution in [0, 0.1) is 0 Å². The SMILES string of the molecule is CCNC1CCCC(Sc2ccc3c(c2)OCCCO3)C1. The molecule has 2 unspecified atom stereocenters. The highest BCUT2D eigenvalue weighted by Crippen LogP contribution is 2.38. The van der Waals surface area contributed by atoms with Gasteiger partial charge < -0.3 is 14.8 Å². The van der Waals surface area contributed by atoms with E-state index in [1.54, 1.807) is 0 Å². The maximum atomic E-state index is 5.79. The third-order valence-corrected chi connectivity index (χ3v) is 5.43. The highest BCUT2D eigenvalue weighted by atomic mass is 32.2. The number of fused-ring (bicyclic) bond motifs is 1. The number of thioether (sulfide) groups is 1. The maximum absolute atomic E-state index is 5.79. The summed E-state index contributed by atoms with van der Waals surface area (Å²) in [5, 5.41) is 4.32. The van der Waals surface area contributed by atoms with E-state index in [4.69, 9.17) is 9.47 Å². The summed E-state index contributed by atoms with van der Waals surface area (Å²) in [5.41, 5.74) is 0. The van der Waals surface area contributed by atoms with Crippen molar-refractivity contribution in [1.29, 1.82) is 0 Å². The molecule has 2 atom stereocenters. The van der Waals surface area contributed by atoms with E-state index < -0.39 is 0 Å². The van der Waals surface area contributed by atoms with E-state index in [0.29, 0.717) is 11.3 Å². The Kier molecular flexibility index (Phi) is 5.31. The zero-order valence-electron chi connectivity index (χ0n) is 12.8. The first-order valence-electron chi connectivity index (χ1n) is 8.15. The minimum atomic E-state index is 0.696. The zero-order chi connectivity index (χ0) is 14.5. The minimum absolute atomic E-state index is 0.696. The van der Waals surface area contributed by atoms with Crippen LogP contribution in [-0.2, 0) is 0 Å². The van der Waals surface area contributed by atoms with Gasteiger partial charge in [-0.15, -0.1) is 11.8 Å². The Labute approximate surface area is 131 Å². The van der Waals surface area contributed by atoms with Crippen LogP contribution in [0.25, 0.3) is 0 Å². The lowest BCUT2D eigenvalue weighted by Gasteiger charge is -2.29. The largest absolute Gasteiger partial charge is 0.490 e. The minimum Gasteiger partial charge on any atom is -0.490 e. The second-order valence-corrected chi connectivity index (χ2v) is 7.19. The number of hydrogen-bond acceptors (Lipinski definition) is 4. The summed E-state index contributed by atoms with van der Waals surface area (Å²) in [6.07, 6.45) is 6.21. The van der Waals surface area contributed by atoms with Crippen LogP contribution in [0.5, 0.6) is 11.5 Å². The van der Waals surface area contributed by atoms with Gasteiger partial charge in [-0.25, -0.2) is 0 Å². The van der Waals surface area contributed by atoms with Gasteiger partial charge in [-0.1, -0.05) is 13.3 Å². The summed E-state index contributed by atoms with van der Waals surface area (Å²) in [4.78, 5) is 1.31. The van der Waals surface area contributed by atoms with Gasteiger partial charge in [0.2, 0.25) is 0 Å². The van der Waals surface area contributed by atoms with Crippen molar-refractivity contribution in [3.63, 3.8) is 0 Å². The van der Waals surface area contributed by atoms with Gasteiger partial charge in [0, 0.05) is 22.6 Å². The molecule has 1 aromatic rings. The first-order chi connectivity index (χ1) is 10.3. The quantitative estimate of drug-likeness (QED) is 0.915. The Balaban J connectivity index is 1.63. The molecule has 0 saturated heterocycles. The summed E-state index contributed by atoms with van der Waals surface area (Å²) in [5.74, 6) is 1.81. The summed E-state index contributed by atoms with van der Waals surface area (Å²) in [6, 6.07) is 7.09. The molecule has 1 aliphatic heterocycles. The van der Waals surface area contributed by atoms with Gasteiger partial charge in [0.25, 0.3) is 0 Å². The van der Waals surface area contributed by atoms with E-state index >= 15 is 0 Å². The second-order valence-electron chi connectivity index (χ2n) is 5.82. The Morgan fingerprint density at radius 3 is 2.86 bits per heavy atom. The van der Waals surface area contributed by atoms with Crippen molar-refractivity contribution in [2.75, 3.05) is 19.8 Å². The van der Waals surface area contributed by atoms with Gasteiger partial charge in [-0.05, 0) is 44.0 Å². The molecule has 0 amide bonds. The molecule has 116 valence electrons. The summed E-state index contributed by atoms with van der Waals surface area (Å²) >= 11 is 2.00. The van der Waals surface area contributed by atoms with E-state index in [-0.39, 0.29) is 0 Å². The second kappa shape index (κ2) is 7.41. The predicted octanol–water partition coefficient (Wildman–Crippen LogP) is 3.86. The van der Waals surface area contributed by atoms with Gasteiger partial charge >= 0.3 is 0 Å². The van der Waals surface area contributed by atoms with E-state index in [1.165, 1.54) is 30.6 Å². The van der Waals surface area contributed by atoms with Gasteiger partial charge in [0.15, 0.2) is 11.5 Å². The van der Waals surface area contributed by atoms with Crippen molar-refractivity contribution in [3.8, 4) is 11.5 Å². The van der Waals surface area contributed by atoms with Crippen LogP contribution in [-0.4, -0.2) is 31.1 Å². The lowest BCUT2D eigenvalue weighted by atomic mass is 9.95. The standard InChI is InChI=1S/C17H25NO2S/c1-2-18-13-5-3-6-14(11-13)21-15-7-8-16-17(12-15)20-10-4-9-19-16/h7-8,12-14,18H,2-6,9-11H2,1H3. The normalized spacial score (nSPS) is 25.4. The molecule has 1 aromatic carbocycles. The van der Waals surface area contributed by atoms with Crippen molar-refractivity contribution in [3.05, 3.63) is 18.2 Å². The van der Waals surface area contributed by atoms with Crippen LogP contribution in [0.3, 0.4) is 0 Å². The van der Waals surface area contributed by atoms with Gasteiger partial charge in [-0.2, -0.15) is 0 Å². The number of ether oxygens (including phenoxy) is 2. The highest BCUT2D eigenvalue weighted by Gasteiger charge is 2.22. The molecular formula is C17H25NO2S. The van der Waals surface area contributed by atoms with Gasteiger partial charge in [-0.3, -0.25) is 0 Å². The zero-order valence-corrected chi connectivity index (χ0v) is 13.6. The van der Waals surface area contributed by atoms with E-state index in [0.717, 1.165) is 37.7 Å². The lowest BCUT2D eigenvalue weighted by Crippen LogP contribution is -2.34. The van der Waals surface area contributed by atoms with Crippen LogP contribution < -0.4 is 14.8 Å². The van der Waals surface area contributed by atoms with Crippen molar-refractivity contribution in [1.82, 2.24) is 5.32 Å². The molecule has 4 heteroatoms. The Hall–Kier alpha value is -0.870.